The lowest BCUT2D eigenvalue weighted by Gasteiger charge is -2.13. The van der Waals surface area contributed by atoms with Crippen molar-refractivity contribution in [3.8, 4) is 11.5 Å². The molecular formula is C21H19BrN2O9. The van der Waals surface area contributed by atoms with Gasteiger partial charge >= 0.3 is 18.0 Å². The first kappa shape index (κ1) is 23.9. The molecule has 1 saturated heterocycles. The predicted octanol–water partition coefficient (Wildman–Crippen LogP) is 2.78. The maximum absolute atomic E-state index is 12.8. The van der Waals surface area contributed by atoms with Gasteiger partial charge in [0.25, 0.3) is 5.91 Å². The van der Waals surface area contributed by atoms with E-state index in [1.807, 2.05) is 0 Å². The second kappa shape index (κ2) is 10.2. The van der Waals surface area contributed by atoms with Crippen LogP contribution in [0.15, 0.2) is 38.9 Å². The summed E-state index contributed by atoms with van der Waals surface area (Å²) in [7, 11) is 1.21. The molecule has 0 atom stereocenters. The van der Waals surface area contributed by atoms with Crippen molar-refractivity contribution in [1.82, 2.24) is 10.2 Å². The summed E-state index contributed by atoms with van der Waals surface area (Å²) in [4.78, 5) is 48.4. The van der Waals surface area contributed by atoms with Crippen molar-refractivity contribution in [3.63, 3.8) is 0 Å². The minimum absolute atomic E-state index is 0.00769. The Bertz CT molecular complexity index is 1140. The number of furan rings is 1. The zero-order valence-electron chi connectivity index (χ0n) is 17.5. The molecule has 2 N–H and O–H groups in total. The molecule has 1 aliphatic rings. The smallest absolute Gasteiger partial charge is 0.373 e. The Morgan fingerprint density at radius 3 is 2.67 bits per heavy atom. The van der Waals surface area contributed by atoms with E-state index in [0.29, 0.717) is 10.0 Å². The van der Waals surface area contributed by atoms with Gasteiger partial charge in [-0.2, -0.15) is 0 Å². The molecule has 1 aliphatic heterocycles. The van der Waals surface area contributed by atoms with Crippen LogP contribution in [-0.2, 0) is 20.9 Å². The maximum Gasteiger partial charge on any atom is 0.373 e. The van der Waals surface area contributed by atoms with Crippen LogP contribution in [0.5, 0.6) is 11.5 Å². The van der Waals surface area contributed by atoms with Crippen LogP contribution in [0.3, 0.4) is 0 Å². The number of ether oxygens (including phenoxy) is 3. The summed E-state index contributed by atoms with van der Waals surface area (Å²) in [6.07, 6.45) is 1.44. The topological polar surface area (TPSA) is 145 Å². The Labute approximate surface area is 196 Å². The zero-order chi connectivity index (χ0) is 24.1. The van der Waals surface area contributed by atoms with Gasteiger partial charge in [0.05, 0.1) is 24.7 Å². The summed E-state index contributed by atoms with van der Waals surface area (Å²) in [5, 5.41) is 11.3. The van der Waals surface area contributed by atoms with E-state index in [1.165, 1.54) is 25.3 Å². The lowest BCUT2D eigenvalue weighted by Crippen LogP contribution is -2.30. The Morgan fingerprint density at radius 1 is 1.24 bits per heavy atom. The summed E-state index contributed by atoms with van der Waals surface area (Å²) >= 11 is 3.31. The lowest BCUT2D eigenvalue weighted by molar-refractivity contribution is -0.139. The average Bonchev–Trinajstić information content (AvgIpc) is 3.33. The highest BCUT2D eigenvalue weighted by molar-refractivity contribution is 9.10. The second-order valence-corrected chi connectivity index (χ2v) is 7.44. The van der Waals surface area contributed by atoms with Gasteiger partial charge in [-0.05, 0) is 58.8 Å². The number of nitrogens with one attached hydrogen (secondary N) is 1. The number of imide groups is 1. The van der Waals surface area contributed by atoms with E-state index in [1.54, 1.807) is 19.1 Å². The van der Waals surface area contributed by atoms with E-state index in [2.05, 4.69) is 26.0 Å². The van der Waals surface area contributed by atoms with E-state index in [-0.39, 0.29) is 41.9 Å². The van der Waals surface area contributed by atoms with Crippen molar-refractivity contribution in [3.05, 3.63) is 51.5 Å². The fourth-order valence-corrected chi connectivity index (χ4v) is 3.49. The molecule has 3 amide bonds. The molecule has 2 heterocycles. The molecule has 33 heavy (non-hydrogen) atoms. The first-order chi connectivity index (χ1) is 15.7. The van der Waals surface area contributed by atoms with Crippen LogP contribution in [0.25, 0.3) is 6.08 Å². The number of rotatable bonds is 9. The fourth-order valence-electron chi connectivity index (χ4n) is 2.92. The predicted molar refractivity (Wildman–Crippen MR) is 116 cm³/mol. The van der Waals surface area contributed by atoms with Crippen LogP contribution in [0.1, 0.15) is 28.8 Å². The van der Waals surface area contributed by atoms with E-state index < -0.39 is 30.5 Å². The Kier molecular flexibility index (Phi) is 7.38. The van der Waals surface area contributed by atoms with Crippen molar-refractivity contribution >= 4 is 45.9 Å². The van der Waals surface area contributed by atoms with E-state index in [9.17, 15) is 19.2 Å². The van der Waals surface area contributed by atoms with Gasteiger partial charge in [0.2, 0.25) is 5.76 Å². The molecule has 0 spiro atoms. The third-order valence-corrected chi connectivity index (χ3v) is 4.90. The minimum atomic E-state index is -1.15. The Morgan fingerprint density at radius 2 is 2.00 bits per heavy atom. The normalized spacial score (nSPS) is 14.4. The summed E-state index contributed by atoms with van der Waals surface area (Å²) in [5.74, 6) is -1.79. The first-order valence-electron chi connectivity index (χ1n) is 9.56. The molecule has 0 radical (unpaired) electrons. The number of esters is 1. The van der Waals surface area contributed by atoms with Crippen LogP contribution < -0.4 is 14.8 Å². The molecule has 2 aromatic rings. The monoisotopic (exact) mass is 522 g/mol. The van der Waals surface area contributed by atoms with Gasteiger partial charge in [0.1, 0.15) is 11.5 Å². The van der Waals surface area contributed by atoms with Gasteiger partial charge in [0.15, 0.2) is 18.1 Å². The third kappa shape index (κ3) is 5.52. The van der Waals surface area contributed by atoms with Gasteiger partial charge in [0, 0.05) is 0 Å². The number of halogens is 1. The number of carboxylic acid groups (broad SMARTS) is 1. The highest BCUT2D eigenvalue weighted by Crippen LogP contribution is 2.37. The average molecular weight is 523 g/mol. The number of urea groups is 1. The SMILES string of the molecule is CCOc1cc(/C=C2\NC(=O)N(Cc3ccc(C(=O)OC)o3)C2=O)cc(Br)c1OCC(=O)O. The maximum atomic E-state index is 12.8. The van der Waals surface area contributed by atoms with Crippen LogP contribution in [0, 0.1) is 0 Å². The number of carbonyl (C=O) groups is 4. The molecule has 3 rings (SSSR count). The second-order valence-electron chi connectivity index (χ2n) is 6.58. The minimum Gasteiger partial charge on any atom is -0.490 e. The number of amides is 3. The standard InChI is InChI=1S/C21H19BrN2O9/c1-3-31-16-8-11(6-13(22)18(16)32-10-17(25)26)7-14-19(27)24(21(29)23-14)9-12-4-5-15(33-12)20(28)30-2/h4-8H,3,9-10H2,1-2H3,(H,23,29)(H,25,26)/b14-7-. The fraction of sp³-hybridized carbons (Fsp3) is 0.238. The summed E-state index contributed by atoms with van der Waals surface area (Å²) in [6.45, 7) is 1.29. The molecule has 1 aromatic heterocycles. The zero-order valence-corrected chi connectivity index (χ0v) is 19.1. The molecule has 0 aliphatic carbocycles. The van der Waals surface area contributed by atoms with Crippen LogP contribution in [-0.4, -0.2) is 54.2 Å². The highest BCUT2D eigenvalue weighted by atomic mass is 79.9. The van der Waals surface area contributed by atoms with Crippen molar-refractivity contribution in [2.24, 2.45) is 0 Å². The number of methoxy groups -OCH3 is 1. The molecule has 12 heteroatoms. The third-order valence-electron chi connectivity index (χ3n) is 4.31. The van der Waals surface area contributed by atoms with Gasteiger partial charge in [-0.25, -0.2) is 14.4 Å². The summed E-state index contributed by atoms with van der Waals surface area (Å²) in [6, 6.07) is 5.33. The van der Waals surface area contributed by atoms with Crippen LogP contribution >= 0.6 is 15.9 Å². The number of carbonyl (C=O) groups excluding carboxylic acids is 3. The number of benzene rings is 1. The van der Waals surface area contributed by atoms with E-state index in [4.69, 9.17) is 19.0 Å². The highest BCUT2D eigenvalue weighted by Gasteiger charge is 2.34. The lowest BCUT2D eigenvalue weighted by atomic mass is 10.1. The number of aliphatic carboxylic acids is 1. The number of nitrogens with zero attached hydrogens (tertiary/aromatic N) is 1. The van der Waals surface area contributed by atoms with Crippen LogP contribution in [0.4, 0.5) is 4.79 Å². The van der Waals surface area contributed by atoms with Crippen molar-refractivity contribution < 1.29 is 42.9 Å². The number of carboxylic acids is 1. The number of hydrogen-bond acceptors (Lipinski definition) is 8. The molecule has 11 nitrogen and oxygen atoms in total. The van der Waals surface area contributed by atoms with Crippen LogP contribution in [0.2, 0.25) is 0 Å². The van der Waals surface area contributed by atoms with Crippen molar-refractivity contribution in [1.29, 1.82) is 0 Å². The molecule has 0 bridgehead atoms. The Hall–Kier alpha value is -3.80. The van der Waals surface area contributed by atoms with Gasteiger partial charge in [-0.1, -0.05) is 0 Å². The number of hydrogen-bond donors (Lipinski definition) is 2. The van der Waals surface area contributed by atoms with Gasteiger partial charge < -0.3 is 29.1 Å². The molecule has 0 saturated carbocycles. The van der Waals surface area contributed by atoms with Crippen molar-refractivity contribution in [2.45, 2.75) is 13.5 Å². The first-order valence-corrected chi connectivity index (χ1v) is 10.3. The summed E-state index contributed by atoms with van der Waals surface area (Å²) in [5.41, 5.74) is 0.498. The quantitative estimate of drug-likeness (QED) is 0.288. The van der Waals surface area contributed by atoms with E-state index in [0.717, 1.165) is 4.90 Å². The summed E-state index contributed by atoms with van der Waals surface area (Å²) < 4.78 is 21.1. The van der Waals surface area contributed by atoms with Crippen molar-refractivity contribution in [2.75, 3.05) is 20.3 Å². The molecule has 1 fully saturated rings. The Balaban J connectivity index is 1.82. The van der Waals surface area contributed by atoms with Gasteiger partial charge in [-0.15, -0.1) is 0 Å². The largest absolute Gasteiger partial charge is 0.490 e. The van der Waals surface area contributed by atoms with Gasteiger partial charge in [-0.3, -0.25) is 9.69 Å². The van der Waals surface area contributed by atoms with E-state index >= 15 is 0 Å². The molecule has 174 valence electrons. The molecule has 1 aromatic carbocycles. The molecular weight excluding hydrogens is 504 g/mol. The molecule has 0 unspecified atom stereocenters.